The number of ketones is 1. The van der Waals surface area contributed by atoms with Gasteiger partial charge >= 0.3 is 11.9 Å². The fourth-order valence-electron chi connectivity index (χ4n) is 7.62. The maximum Gasteiger partial charge on any atom is 0.338 e. The molecule has 4 N–H and O–H groups in total. The number of rotatable bonds is 0. The summed E-state index contributed by atoms with van der Waals surface area (Å²) in [5, 5.41) is 45.1. The van der Waals surface area contributed by atoms with Gasteiger partial charge in [0.15, 0.2) is 17.5 Å². The minimum absolute atomic E-state index is 0.154. The van der Waals surface area contributed by atoms with Gasteiger partial charge in [-0.15, -0.1) is 0 Å². The number of allylic oxidation sites excluding steroid dienone is 1. The minimum atomic E-state index is -2.33. The first-order valence-electron chi connectivity index (χ1n) is 9.80. The van der Waals surface area contributed by atoms with Crippen LogP contribution in [-0.4, -0.2) is 74.3 Å². The van der Waals surface area contributed by atoms with Gasteiger partial charge in [0.1, 0.15) is 24.4 Å². The van der Waals surface area contributed by atoms with Crippen molar-refractivity contribution >= 4 is 17.7 Å². The van der Waals surface area contributed by atoms with Crippen LogP contribution in [0.3, 0.4) is 0 Å². The number of esters is 2. The molecule has 1 spiro atoms. The van der Waals surface area contributed by atoms with Crippen molar-refractivity contribution in [3.63, 3.8) is 0 Å². The summed E-state index contributed by atoms with van der Waals surface area (Å²) in [6.45, 7) is 4.31. The fraction of sp³-hybridized carbons (Fsp3) is 0.750. The Kier molecular flexibility index (Phi) is 3.36. The van der Waals surface area contributed by atoms with Crippen molar-refractivity contribution < 1.29 is 44.3 Å². The molecule has 2 aliphatic heterocycles. The Morgan fingerprint density at radius 3 is 2.45 bits per heavy atom. The second-order valence-corrected chi connectivity index (χ2v) is 9.60. The Balaban J connectivity index is 1.87. The summed E-state index contributed by atoms with van der Waals surface area (Å²) in [7, 11) is 0. The van der Waals surface area contributed by atoms with E-state index in [2.05, 4.69) is 0 Å². The monoisotopic (exact) mass is 408 g/mol. The summed E-state index contributed by atoms with van der Waals surface area (Å²) in [4.78, 5) is 37.9. The first kappa shape index (κ1) is 19.2. The number of aliphatic hydroxyl groups excluding tert-OH is 2. The number of fused-ring (bicyclic) bond motifs is 1. The van der Waals surface area contributed by atoms with Crippen molar-refractivity contribution in [3.05, 3.63) is 11.6 Å². The second kappa shape index (κ2) is 5.08. The van der Waals surface area contributed by atoms with E-state index in [-0.39, 0.29) is 6.42 Å². The van der Waals surface area contributed by atoms with Crippen LogP contribution in [0.1, 0.15) is 27.2 Å². The van der Waals surface area contributed by atoms with Gasteiger partial charge in [0.25, 0.3) is 0 Å². The lowest BCUT2D eigenvalue weighted by atomic mass is 9.42. The van der Waals surface area contributed by atoms with Crippen molar-refractivity contribution in [2.75, 3.05) is 6.61 Å². The third-order valence-electron chi connectivity index (χ3n) is 8.86. The molecule has 5 rings (SSSR count). The summed E-state index contributed by atoms with van der Waals surface area (Å²) in [6.07, 6.45) is -3.04. The predicted molar refractivity (Wildman–Crippen MR) is 92.8 cm³/mol. The Labute approximate surface area is 166 Å². The van der Waals surface area contributed by atoms with Crippen molar-refractivity contribution in [1.82, 2.24) is 0 Å². The van der Waals surface area contributed by atoms with Crippen LogP contribution in [0.5, 0.6) is 0 Å². The molecule has 4 fully saturated rings. The summed E-state index contributed by atoms with van der Waals surface area (Å²) in [6, 6.07) is 0. The third kappa shape index (κ3) is 1.62. The lowest BCUT2D eigenvalue weighted by Gasteiger charge is -2.65. The van der Waals surface area contributed by atoms with Crippen LogP contribution in [0, 0.1) is 28.6 Å². The largest absolute Gasteiger partial charge is 0.463 e. The van der Waals surface area contributed by atoms with Crippen LogP contribution in [0.15, 0.2) is 11.6 Å². The van der Waals surface area contributed by atoms with Gasteiger partial charge in [0, 0.05) is 17.3 Å². The highest BCUT2D eigenvalue weighted by atomic mass is 16.6. The Morgan fingerprint density at radius 2 is 1.79 bits per heavy atom. The number of ether oxygens (including phenoxy) is 2. The molecule has 0 aromatic heterocycles. The number of carbonyl (C=O) groups is 3. The maximum absolute atomic E-state index is 12.9. The summed E-state index contributed by atoms with van der Waals surface area (Å²) in [5.41, 5.74) is -6.83. The Hall–Kier alpha value is -1.81. The molecule has 29 heavy (non-hydrogen) atoms. The average molecular weight is 408 g/mol. The van der Waals surface area contributed by atoms with Gasteiger partial charge in [-0.25, -0.2) is 9.59 Å². The first-order valence-corrected chi connectivity index (χ1v) is 9.80. The molecule has 10 atom stereocenters. The number of cyclic esters (lactones) is 1. The number of hydrogen-bond acceptors (Lipinski definition) is 9. The van der Waals surface area contributed by atoms with Gasteiger partial charge in [0.05, 0.1) is 5.41 Å². The van der Waals surface area contributed by atoms with Gasteiger partial charge in [0.2, 0.25) is 0 Å². The number of hydrogen-bond donors (Lipinski definition) is 4. The van der Waals surface area contributed by atoms with Crippen molar-refractivity contribution in [3.8, 4) is 0 Å². The van der Waals surface area contributed by atoms with Gasteiger partial charge < -0.3 is 29.9 Å². The molecule has 0 aromatic rings. The van der Waals surface area contributed by atoms with Gasteiger partial charge in [-0.2, -0.15) is 0 Å². The molecule has 2 bridgehead atoms. The molecule has 2 saturated carbocycles. The zero-order chi connectivity index (χ0) is 21.3. The summed E-state index contributed by atoms with van der Waals surface area (Å²) < 4.78 is 10.8. The van der Waals surface area contributed by atoms with Crippen LogP contribution in [-0.2, 0) is 23.9 Å². The minimum Gasteiger partial charge on any atom is -0.463 e. The Bertz CT molecular complexity index is 896. The van der Waals surface area contributed by atoms with E-state index in [0.29, 0.717) is 5.57 Å². The molecule has 158 valence electrons. The SMILES string of the molecule is CC1=CC(=O)[C@@H](O)[C@@]2(C)[C@@H]1C[C@H]1OC(=O)[C@H](O)[C@@]3(O)[C@H](C)[C@]4(O)C(=O)OC[C@]13[C@H]42. The molecule has 3 aliphatic carbocycles. The van der Waals surface area contributed by atoms with Crippen LogP contribution in [0.2, 0.25) is 0 Å². The van der Waals surface area contributed by atoms with E-state index in [1.54, 1.807) is 13.8 Å². The van der Waals surface area contributed by atoms with E-state index >= 15 is 0 Å². The van der Waals surface area contributed by atoms with E-state index in [1.165, 1.54) is 13.0 Å². The molecule has 0 unspecified atom stereocenters. The lowest BCUT2D eigenvalue weighted by molar-refractivity contribution is -0.306. The standard InChI is InChI=1S/C20H24O9/c1-7-4-10(21)12(22)17(3)9(7)5-11-18-6-28-16(25)19(26,15(17)18)8(2)20(18,27)13(23)14(24)29-11/h4,8-9,11-13,15,22-23,26-27H,5-6H2,1-3H3/t8-,9-,11-,12-,13+,15-,17-,18-,19-,20+/m1/s1. The molecular formula is C20H24O9. The van der Waals surface area contributed by atoms with Gasteiger partial charge in [-0.3, -0.25) is 4.79 Å². The number of carbonyl (C=O) groups excluding carboxylic acids is 3. The summed E-state index contributed by atoms with van der Waals surface area (Å²) in [5.74, 6) is -5.57. The van der Waals surface area contributed by atoms with Crippen molar-refractivity contribution in [2.45, 2.75) is 56.7 Å². The Morgan fingerprint density at radius 1 is 1.14 bits per heavy atom. The summed E-state index contributed by atoms with van der Waals surface area (Å²) >= 11 is 0. The highest BCUT2D eigenvalue weighted by Crippen LogP contribution is 2.75. The maximum atomic E-state index is 12.9. The average Bonchev–Trinajstić information content (AvgIpc) is 2.79. The molecular weight excluding hydrogens is 384 g/mol. The molecule has 2 heterocycles. The van der Waals surface area contributed by atoms with Crippen molar-refractivity contribution in [2.24, 2.45) is 28.6 Å². The zero-order valence-electron chi connectivity index (χ0n) is 16.3. The fourth-order valence-corrected chi connectivity index (χ4v) is 7.62. The molecule has 0 amide bonds. The van der Waals surface area contributed by atoms with E-state index < -0.39 is 82.4 Å². The highest BCUT2D eigenvalue weighted by molar-refractivity contribution is 5.96. The van der Waals surface area contributed by atoms with E-state index in [1.807, 2.05) is 0 Å². The predicted octanol–water partition coefficient (Wildman–Crippen LogP) is -1.54. The lowest BCUT2D eigenvalue weighted by Crippen LogP contribution is -2.77. The number of aliphatic hydroxyl groups is 4. The van der Waals surface area contributed by atoms with Gasteiger partial charge in [-0.1, -0.05) is 19.4 Å². The van der Waals surface area contributed by atoms with E-state index in [9.17, 15) is 34.8 Å². The highest BCUT2D eigenvalue weighted by Gasteiger charge is 2.90. The quantitative estimate of drug-likeness (QED) is 0.350. The normalized spacial score (nSPS) is 58.0. The van der Waals surface area contributed by atoms with E-state index in [4.69, 9.17) is 9.47 Å². The topological polar surface area (TPSA) is 151 Å². The molecule has 5 aliphatic rings. The third-order valence-corrected chi connectivity index (χ3v) is 8.86. The second-order valence-electron chi connectivity index (χ2n) is 9.60. The van der Waals surface area contributed by atoms with Crippen LogP contribution in [0.25, 0.3) is 0 Å². The van der Waals surface area contributed by atoms with Crippen molar-refractivity contribution in [1.29, 1.82) is 0 Å². The molecule has 0 radical (unpaired) electrons. The zero-order valence-corrected chi connectivity index (χ0v) is 16.3. The van der Waals surface area contributed by atoms with Crippen LogP contribution >= 0.6 is 0 Å². The van der Waals surface area contributed by atoms with Crippen LogP contribution < -0.4 is 0 Å². The molecule has 2 saturated heterocycles. The molecule has 9 nitrogen and oxygen atoms in total. The smallest absolute Gasteiger partial charge is 0.338 e. The first-order chi connectivity index (χ1) is 13.4. The molecule has 9 heteroatoms. The van der Waals surface area contributed by atoms with E-state index in [0.717, 1.165) is 0 Å². The van der Waals surface area contributed by atoms with Crippen LogP contribution in [0.4, 0.5) is 0 Å². The molecule has 0 aromatic carbocycles. The van der Waals surface area contributed by atoms with Gasteiger partial charge in [-0.05, 0) is 25.3 Å².